The number of halogens is 4. The van der Waals surface area contributed by atoms with Gasteiger partial charge in [-0.05, 0) is 12.8 Å². The molecule has 0 unspecified atom stereocenters. The van der Waals surface area contributed by atoms with Crippen molar-refractivity contribution in [3.8, 4) is 0 Å². The maximum absolute atomic E-state index is 9.75. The van der Waals surface area contributed by atoms with Gasteiger partial charge in [-0.25, -0.2) is 0 Å². The quantitative estimate of drug-likeness (QED) is 0.133. The van der Waals surface area contributed by atoms with E-state index in [-0.39, 0.29) is 6.15 Å². The standard InChI is InChI=1S/C19H42N.BF4.H3N/c1-5-6-7-8-9-10-11-12-13-14-15-16-17-18-19-20(2,3)4;2-1(3,4)5;/h5-19H2,1-4H3;;1H3/q+1;-1;. The molecule has 0 aliphatic carbocycles. The molecule has 0 heterocycles. The molecule has 2 nitrogen and oxygen atoms in total. The van der Waals surface area contributed by atoms with Gasteiger partial charge in [-0.1, -0.05) is 84.0 Å². The van der Waals surface area contributed by atoms with Gasteiger partial charge in [-0.15, -0.1) is 0 Å². The van der Waals surface area contributed by atoms with Gasteiger partial charge in [0, 0.05) is 0 Å². The first-order chi connectivity index (χ1) is 11.6. The van der Waals surface area contributed by atoms with Crippen molar-refractivity contribution in [2.75, 3.05) is 27.7 Å². The highest BCUT2D eigenvalue weighted by Crippen LogP contribution is 2.13. The van der Waals surface area contributed by atoms with E-state index in [1.165, 1.54) is 96.4 Å². The van der Waals surface area contributed by atoms with Gasteiger partial charge in [0.15, 0.2) is 0 Å². The molecule has 0 aromatic carbocycles. The summed E-state index contributed by atoms with van der Waals surface area (Å²) < 4.78 is 40.1. The van der Waals surface area contributed by atoms with E-state index in [4.69, 9.17) is 0 Å². The van der Waals surface area contributed by atoms with Crippen LogP contribution in [0.15, 0.2) is 0 Å². The molecule has 0 radical (unpaired) electrons. The van der Waals surface area contributed by atoms with Gasteiger partial charge < -0.3 is 27.9 Å². The third-order valence-corrected chi connectivity index (χ3v) is 4.18. The molecule has 0 saturated heterocycles. The van der Waals surface area contributed by atoms with E-state index >= 15 is 0 Å². The number of quaternary nitrogens is 1. The first-order valence-electron chi connectivity index (χ1n) is 10.2. The lowest BCUT2D eigenvalue weighted by atomic mass is 10.0. The lowest BCUT2D eigenvalue weighted by Gasteiger charge is -2.23. The van der Waals surface area contributed by atoms with E-state index < -0.39 is 7.25 Å². The molecule has 0 aliphatic rings. The molecule has 162 valence electrons. The maximum Gasteiger partial charge on any atom is 0.673 e. The predicted molar refractivity (Wildman–Crippen MR) is 108 cm³/mol. The van der Waals surface area contributed by atoms with Crippen LogP contribution in [0.1, 0.15) is 96.8 Å². The zero-order chi connectivity index (χ0) is 19.6. The summed E-state index contributed by atoms with van der Waals surface area (Å²) in [7, 11) is 0.882. The summed E-state index contributed by atoms with van der Waals surface area (Å²) in [6, 6.07) is 0. The van der Waals surface area contributed by atoms with E-state index in [1.807, 2.05) is 0 Å². The van der Waals surface area contributed by atoms with E-state index in [0.717, 1.165) is 4.48 Å². The van der Waals surface area contributed by atoms with Gasteiger partial charge in [-0.3, -0.25) is 0 Å². The molecule has 26 heavy (non-hydrogen) atoms. The van der Waals surface area contributed by atoms with Gasteiger partial charge >= 0.3 is 7.25 Å². The first-order valence-corrected chi connectivity index (χ1v) is 10.2. The summed E-state index contributed by atoms with van der Waals surface area (Å²) >= 11 is 0. The predicted octanol–water partition coefficient (Wildman–Crippen LogP) is 7.64. The lowest BCUT2D eigenvalue weighted by Crippen LogP contribution is -2.35. The third-order valence-electron chi connectivity index (χ3n) is 4.18. The molecular formula is C19H45BF4N2. The van der Waals surface area contributed by atoms with Gasteiger partial charge in [0.05, 0.1) is 27.7 Å². The summed E-state index contributed by atoms with van der Waals surface area (Å²) in [5.41, 5.74) is 0. The van der Waals surface area contributed by atoms with Crippen molar-refractivity contribution in [3.05, 3.63) is 0 Å². The zero-order valence-electron chi connectivity index (χ0n) is 17.9. The van der Waals surface area contributed by atoms with E-state index in [1.54, 1.807) is 0 Å². The van der Waals surface area contributed by atoms with E-state index in [2.05, 4.69) is 28.1 Å². The van der Waals surface area contributed by atoms with E-state index in [9.17, 15) is 17.3 Å². The van der Waals surface area contributed by atoms with Gasteiger partial charge in [0.25, 0.3) is 0 Å². The number of rotatable bonds is 15. The van der Waals surface area contributed by atoms with Crippen LogP contribution < -0.4 is 6.15 Å². The summed E-state index contributed by atoms with van der Waals surface area (Å²) in [5.74, 6) is 0. The first kappa shape index (κ1) is 30.4. The summed E-state index contributed by atoms with van der Waals surface area (Å²) in [4.78, 5) is 0. The molecule has 0 saturated carbocycles. The lowest BCUT2D eigenvalue weighted by molar-refractivity contribution is -0.870. The summed E-state index contributed by atoms with van der Waals surface area (Å²) in [5, 5.41) is 0. The minimum absolute atomic E-state index is 0. The summed E-state index contributed by atoms with van der Waals surface area (Å²) in [6.07, 6.45) is 20.4. The monoisotopic (exact) mass is 388 g/mol. The van der Waals surface area contributed by atoms with Gasteiger partial charge in [-0.2, -0.15) is 0 Å². The Balaban J connectivity index is -0.000000772. The third kappa shape index (κ3) is 43.8. The molecule has 0 aromatic rings. The Morgan fingerprint density at radius 1 is 0.538 bits per heavy atom. The molecule has 0 amide bonds. The van der Waals surface area contributed by atoms with Crippen LogP contribution in [0.3, 0.4) is 0 Å². The molecule has 0 aliphatic heterocycles. The highest BCUT2D eigenvalue weighted by atomic mass is 19.5. The van der Waals surface area contributed by atoms with Crippen LogP contribution in [0.5, 0.6) is 0 Å². The van der Waals surface area contributed by atoms with Crippen molar-refractivity contribution in [2.45, 2.75) is 96.8 Å². The highest BCUT2D eigenvalue weighted by Gasteiger charge is 2.20. The minimum Gasteiger partial charge on any atom is -0.418 e. The Labute approximate surface area is 160 Å². The van der Waals surface area contributed by atoms with Crippen molar-refractivity contribution < 1.29 is 21.7 Å². The molecule has 7 heteroatoms. The molecule has 0 spiro atoms. The van der Waals surface area contributed by atoms with Crippen LogP contribution in [0.25, 0.3) is 0 Å². The fourth-order valence-electron chi connectivity index (χ4n) is 2.78. The molecule has 0 fully saturated rings. The van der Waals surface area contributed by atoms with Crippen molar-refractivity contribution >= 4 is 7.25 Å². The fourth-order valence-corrected chi connectivity index (χ4v) is 2.78. The Kier molecular flexibility index (Phi) is 22.8. The van der Waals surface area contributed by atoms with Gasteiger partial charge in [0.1, 0.15) is 0 Å². The van der Waals surface area contributed by atoms with Crippen LogP contribution in [-0.2, 0) is 0 Å². The summed E-state index contributed by atoms with van der Waals surface area (Å²) in [6.45, 7) is 3.63. The van der Waals surface area contributed by atoms with E-state index in [0.29, 0.717) is 0 Å². The number of hydrogen-bond donors (Lipinski definition) is 1. The normalized spacial score (nSPS) is 11.5. The SMILES string of the molecule is CCCCCCCCCCCCCCCC[N+](C)(C)C.F[B-](F)(F)F.N. The molecule has 3 N–H and O–H groups in total. The fraction of sp³-hybridized carbons (Fsp3) is 1.00. The van der Waals surface area contributed by atoms with Gasteiger partial charge in [0.2, 0.25) is 0 Å². The number of unbranched alkanes of at least 4 members (excludes halogenated alkanes) is 13. The maximum atomic E-state index is 9.75. The Bertz CT molecular complexity index is 263. The van der Waals surface area contributed by atoms with Crippen LogP contribution in [0, 0.1) is 0 Å². The van der Waals surface area contributed by atoms with Crippen molar-refractivity contribution in [1.82, 2.24) is 6.15 Å². The average molecular weight is 388 g/mol. The highest BCUT2D eigenvalue weighted by molar-refractivity contribution is 6.50. The molecule has 0 rings (SSSR count). The second kappa shape index (κ2) is 19.5. The Morgan fingerprint density at radius 2 is 0.769 bits per heavy atom. The zero-order valence-corrected chi connectivity index (χ0v) is 17.9. The topological polar surface area (TPSA) is 35.0 Å². The van der Waals surface area contributed by atoms with Crippen molar-refractivity contribution in [1.29, 1.82) is 0 Å². The second-order valence-electron chi connectivity index (χ2n) is 8.10. The van der Waals surface area contributed by atoms with Crippen molar-refractivity contribution in [2.24, 2.45) is 0 Å². The molecule has 0 bridgehead atoms. The minimum atomic E-state index is -6.00. The molecule has 0 aromatic heterocycles. The Morgan fingerprint density at radius 3 is 1.00 bits per heavy atom. The van der Waals surface area contributed by atoms with Crippen molar-refractivity contribution in [3.63, 3.8) is 0 Å². The van der Waals surface area contributed by atoms with Crippen LogP contribution >= 0.6 is 0 Å². The number of hydrogen-bond acceptors (Lipinski definition) is 1. The van der Waals surface area contributed by atoms with Crippen LogP contribution in [0.4, 0.5) is 17.3 Å². The average Bonchev–Trinajstić information content (AvgIpc) is 2.45. The molecular weight excluding hydrogens is 343 g/mol. The largest absolute Gasteiger partial charge is 0.673 e. The molecule has 0 atom stereocenters. The Hall–Kier alpha value is -0.295. The van der Waals surface area contributed by atoms with Crippen LogP contribution in [-0.4, -0.2) is 39.4 Å². The smallest absolute Gasteiger partial charge is 0.418 e. The number of nitrogens with zero attached hydrogens (tertiary/aromatic N) is 1. The second-order valence-corrected chi connectivity index (χ2v) is 8.10. The van der Waals surface area contributed by atoms with Crippen LogP contribution in [0.2, 0.25) is 0 Å².